The summed E-state index contributed by atoms with van der Waals surface area (Å²) in [7, 11) is 1.83. The molecule has 0 aliphatic carbocycles. The number of nitrogens with zero attached hydrogens (tertiary/aromatic N) is 3. The Kier molecular flexibility index (Phi) is 9.76. The summed E-state index contributed by atoms with van der Waals surface area (Å²) in [5, 5.41) is 5.63. The third-order valence-electron chi connectivity index (χ3n) is 7.68. The molecular formula is C28H33ClF5N5O2. The number of likely N-dealkylation sites (tertiary alicyclic amines) is 1. The molecule has 2 N–H and O–H groups in total. The number of nitrogens with one attached hydrogen (secondary N) is 2. The smallest absolute Gasteiger partial charge is 0.367 e. The molecule has 2 atom stereocenters. The van der Waals surface area contributed by atoms with Crippen LogP contribution in [-0.4, -0.2) is 79.6 Å². The molecule has 2 aliphatic heterocycles. The van der Waals surface area contributed by atoms with Crippen molar-refractivity contribution in [1.29, 1.82) is 0 Å². The molecule has 2 saturated heterocycles. The Balaban J connectivity index is 1.43. The average Bonchev–Trinajstić information content (AvgIpc) is 3.35. The van der Waals surface area contributed by atoms with E-state index in [2.05, 4.69) is 10.6 Å². The standard InChI is InChI=1S/C28H33ClF5N5O2/c1-17-16-39(13-12-38(17)11-9-28(32,33)34)23-14-19(29)6-8-21(23)36-26(40)20-7-5-18(24(30)25(20)31)15-35-27(41)22-4-3-10-37(22)2/h5-8,14,17,22H,3-4,9-13,15-16H2,1-2H3,(H,35,41)(H,36,40)/t17-,22-/m1/s1. The number of carbonyl (C=O) groups excluding carboxylic acids is 2. The highest BCUT2D eigenvalue weighted by Crippen LogP contribution is 2.32. The van der Waals surface area contributed by atoms with Crippen LogP contribution < -0.4 is 15.5 Å². The van der Waals surface area contributed by atoms with Crippen molar-refractivity contribution >= 4 is 34.8 Å². The lowest BCUT2D eigenvalue weighted by Gasteiger charge is -2.41. The van der Waals surface area contributed by atoms with Crippen molar-refractivity contribution < 1.29 is 31.5 Å². The number of anilines is 2. The molecule has 0 spiro atoms. The second-order valence-electron chi connectivity index (χ2n) is 10.6. The van der Waals surface area contributed by atoms with Gasteiger partial charge in [-0.05, 0) is 57.6 Å². The zero-order valence-electron chi connectivity index (χ0n) is 22.8. The van der Waals surface area contributed by atoms with Crippen LogP contribution in [0.4, 0.5) is 33.3 Å². The number of benzene rings is 2. The molecule has 0 radical (unpaired) electrons. The van der Waals surface area contributed by atoms with Crippen molar-refractivity contribution in [3.63, 3.8) is 0 Å². The molecule has 2 amide bonds. The number of likely N-dealkylation sites (N-methyl/N-ethyl adjacent to an activating group) is 1. The van der Waals surface area contributed by atoms with Gasteiger partial charge in [-0.25, -0.2) is 8.78 Å². The van der Waals surface area contributed by atoms with Crippen molar-refractivity contribution in [3.05, 3.63) is 58.1 Å². The minimum atomic E-state index is -4.24. The first kappa shape index (κ1) is 31.0. The number of hydrogen-bond donors (Lipinski definition) is 2. The summed E-state index contributed by atoms with van der Waals surface area (Å²) in [6, 6.07) is 6.59. The van der Waals surface area contributed by atoms with Gasteiger partial charge in [0.1, 0.15) is 0 Å². The van der Waals surface area contributed by atoms with Gasteiger partial charge in [-0.2, -0.15) is 13.2 Å². The number of amides is 2. The molecule has 4 rings (SSSR count). The van der Waals surface area contributed by atoms with Gasteiger partial charge < -0.3 is 15.5 Å². The van der Waals surface area contributed by atoms with Crippen molar-refractivity contribution in [3.8, 4) is 0 Å². The van der Waals surface area contributed by atoms with Gasteiger partial charge in [-0.1, -0.05) is 17.7 Å². The van der Waals surface area contributed by atoms with Gasteiger partial charge in [0.05, 0.1) is 29.4 Å². The van der Waals surface area contributed by atoms with Gasteiger partial charge in [-0.15, -0.1) is 0 Å². The predicted molar refractivity (Wildman–Crippen MR) is 147 cm³/mol. The fraction of sp³-hybridized carbons (Fsp3) is 0.500. The lowest BCUT2D eigenvalue weighted by atomic mass is 10.1. The summed E-state index contributed by atoms with van der Waals surface area (Å²) in [5.74, 6) is -3.71. The van der Waals surface area contributed by atoms with Crippen LogP contribution in [0.25, 0.3) is 0 Å². The van der Waals surface area contributed by atoms with Gasteiger partial charge in [0.25, 0.3) is 5.91 Å². The third kappa shape index (κ3) is 7.66. The third-order valence-corrected chi connectivity index (χ3v) is 7.91. The van der Waals surface area contributed by atoms with E-state index in [0.717, 1.165) is 19.0 Å². The molecule has 0 bridgehead atoms. The maximum Gasteiger partial charge on any atom is 0.390 e. The lowest BCUT2D eigenvalue weighted by molar-refractivity contribution is -0.139. The number of carbonyl (C=O) groups is 2. The zero-order chi connectivity index (χ0) is 29.9. The van der Waals surface area contributed by atoms with Crippen LogP contribution in [0, 0.1) is 11.6 Å². The van der Waals surface area contributed by atoms with E-state index in [1.807, 2.05) is 23.8 Å². The summed E-state index contributed by atoms with van der Waals surface area (Å²) in [6.45, 7) is 3.40. The monoisotopic (exact) mass is 601 g/mol. The molecule has 2 aromatic carbocycles. The predicted octanol–water partition coefficient (Wildman–Crippen LogP) is 5.04. The Labute approximate surface area is 240 Å². The van der Waals surface area contributed by atoms with Crippen molar-refractivity contribution in [2.45, 2.75) is 51.0 Å². The lowest BCUT2D eigenvalue weighted by Crippen LogP contribution is -2.52. The van der Waals surface area contributed by atoms with E-state index in [9.17, 15) is 31.5 Å². The first-order chi connectivity index (χ1) is 19.3. The number of piperazine rings is 1. The molecule has 2 heterocycles. The number of alkyl halides is 3. The van der Waals surface area contributed by atoms with Gasteiger partial charge in [0, 0.05) is 49.4 Å². The van der Waals surface area contributed by atoms with Gasteiger partial charge in [0.2, 0.25) is 5.91 Å². The van der Waals surface area contributed by atoms with Crippen LogP contribution >= 0.6 is 11.6 Å². The van der Waals surface area contributed by atoms with Crippen LogP contribution in [0.15, 0.2) is 30.3 Å². The Morgan fingerprint density at radius 1 is 1.07 bits per heavy atom. The minimum Gasteiger partial charge on any atom is -0.367 e. The topological polar surface area (TPSA) is 67.9 Å². The highest BCUT2D eigenvalue weighted by molar-refractivity contribution is 6.31. The molecule has 2 aliphatic rings. The van der Waals surface area contributed by atoms with Crippen LogP contribution in [0.1, 0.15) is 42.1 Å². The molecule has 7 nitrogen and oxygen atoms in total. The number of rotatable bonds is 8. The Morgan fingerprint density at radius 2 is 1.83 bits per heavy atom. The van der Waals surface area contributed by atoms with Crippen molar-refractivity contribution in [2.24, 2.45) is 0 Å². The fourth-order valence-corrected chi connectivity index (χ4v) is 5.49. The number of halogens is 6. The normalized spacial score (nSPS) is 20.3. The highest BCUT2D eigenvalue weighted by atomic mass is 35.5. The van der Waals surface area contributed by atoms with Crippen molar-refractivity contribution in [2.75, 3.05) is 50.0 Å². The van der Waals surface area contributed by atoms with Gasteiger partial charge in [-0.3, -0.25) is 19.4 Å². The Hall–Kier alpha value is -2.96. The van der Waals surface area contributed by atoms with Crippen molar-refractivity contribution in [1.82, 2.24) is 15.1 Å². The van der Waals surface area contributed by atoms with E-state index < -0.39 is 35.7 Å². The molecular weight excluding hydrogens is 569 g/mol. The molecule has 224 valence electrons. The number of hydrogen-bond acceptors (Lipinski definition) is 5. The highest BCUT2D eigenvalue weighted by Gasteiger charge is 2.32. The summed E-state index contributed by atoms with van der Waals surface area (Å²) >= 11 is 6.20. The Morgan fingerprint density at radius 3 is 2.49 bits per heavy atom. The second-order valence-corrected chi connectivity index (χ2v) is 11.0. The maximum atomic E-state index is 15.0. The van der Waals surface area contributed by atoms with E-state index in [-0.39, 0.29) is 36.6 Å². The van der Waals surface area contributed by atoms with Gasteiger partial charge in [0.15, 0.2) is 11.6 Å². The summed E-state index contributed by atoms with van der Waals surface area (Å²) in [4.78, 5) is 31.0. The average molecular weight is 602 g/mol. The molecule has 13 heteroatoms. The first-order valence-electron chi connectivity index (χ1n) is 13.5. The van der Waals surface area contributed by atoms with E-state index in [1.165, 1.54) is 18.2 Å². The molecule has 41 heavy (non-hydrogen) atoms. The van der Waals surface area contributed by atoms with Crippen LogP contribution in [-0.2, 0) is 11.3 Å². The van der Waals surface area contributed by atoms with E-state index in [0.29, 0.717) is 42.5 Å². The molecule has 0 aromatic heterocycles. The van der Waals surface area contributed by atoms with Gasteiger partial charge >= 0.3 is 6.18 Å². The SMILES string of the molecule is C[C@@H]1CN(c2cc(Cl)ccc2NC(=O)c2ccc(CNC(=O)[C@H]3CCCN3C)c(F)c2F)CCN1CCC(F)(F)F. The zero-order valence-corrected chi connectivity index (χ0v) is 23.6. The molecule has 0 unspecified atom stereocenters. The molecule has 0 saturated carbocycles. The van der Waals surface area contributed by atoms with Crippen LogP contribution in [0.3, 0.4) is 0 Å². The molecule has 2 fully saturated rings. The molecule has 2 aromatic rings. The largest absolute Gasteiger partial charge is 0.390 e. The fourth-order valence-electron chi connectivity index (χ4n) is 5.32. The summed E-state index contributed by atoms with van der Waals surface area (Å²) < 4.78 is 68.0. The summed E-state index contributed by atoms with van der Waals surface area (Å²) in [5.41, 5.74) is 0.217. The second kappa shape index (κ2) is 12.9. The maximum absolute atomic E-state index is 15.0. The first-order valence-corrected chi connectivity index (χ1v) is 13.8. The van der Waals surface area contributed by atoms with E-state index in [4.69, 9.17) is 11.6 Å². The Bertz CT molecular complexity index is 1280. The van der Waals surface area contributed by atoms with E-state index in [1.54, 1.807) is 11.0 Å². The summed E-state index contributed by atoms with van der Waals surface area (Å²) in [6.07, 6.45) is -3.57. The quantitative estimate of drug-likeness (QED) is 0.415. The van der Waals surface area contributed by atoms with Crippen LogP contribution in [0.2, 0.25) is 5.02 Å². The van der Waals surface area contributed by atoms with Crippen LogP contribution in [0.5, 0.6) is 0 Å². The minimum absolute atomic E-state index is 0.0855. The van der Waals surface area contributed by atoms with E-state index >= 15 is 0 Å².